The molecule has 0 saturated heterocycles. The molecule has 1 nitrogen and oxygen atoms in total. The van der Waals surface area contributed by atoms with Crippen molar-refractivity contribution in [3.63, 3.8) is 0 Å². The van der Waals surface area contributed by atoms with Crippen LogP contribution in [0.2, 0.25) is 0 Å². The van der Waals surface area contributed by atoms with Gasteiger partial charge in [-0.2, -0.15) is 0 Å². The molecule has 4 aromatic carbocycles. The largest absolute Gasteiger partial charge is 0.310 e. The monoisotopic (exact) mass is 391 g/mol. The highest BCUT2D eigenvalue weighted by Crippen LogP contribution is 2.38. The predicted octanol–water partition coefficient (Wildman–Crippen LogP) is 8.26. The summed E-state index contributed by atoms with van der Waals surface area (Å²) >= 11 is 0. The van der Waals surface area contributed by atoms with Crippen molar-refractivity contribution in [3.8, 4) is 11.1 Å². The fourth-order valence-electron chi connectivity index (χ4n) is 4.05. The van der Waals surface area contributed by atoms with Crippen molar-refractivity contribution < 1.29 is 0 Å². The standard InChI is InChI=1S/C29H29N/c1-4-23-10-6-8-12-28(23)25-16-20-27(21-17-25)30(26-18-14-22(3)15-19-26)29-13-9-7-11-24(29)5-2/h6-21H,4-5H2,1-3H3. The molecule has 0 amide bonds. The summed E-state index contributed by atoms with van der Waals surface area (Å²) in [6, 6.07) is 35.2. The van der Waals surface area contributed by atoms with Crippen molar-refractivity contribution in [1.29, 1.82) is 0 Å². The Balaban J connectivity index is 1.80. The lowest BCUT2D eigenvalue weighted by atomic mass is 9.97. The lowest BCUT2D eigenvalue weighted by Crippen LogP contribution is -2.12. The van der Waals surface area contributed by atoms with Gasteiger partial charge in [-0.3, -0.25) is 0 Å². The second kappa shape index (κ2) is 9.00. The molecule has 0 N–H and O–H groups in total. The molecule has 0 atom stereocenters. The molecule has 4 rings (SSSR count). The Morgan fingerprint density at radius 2 is 1.10 bits per heavy atom. The second-order valence-electron chi connectivity index (χ2n) is 7.71. The molecule has 30 heavy (non-hydrogen) atoms. The number of aryl methyl sites for hydroxylation is 3. The minimum absolute atomic E-state index is 1.00. The van der Waals surface area contributed by atoms with Crippen molar-refractivity contribution in [3.05, 3.63) is 114 Å². The second-order valence-corrected chi connectivity index (χ2v) is 7.71. The Hall–Kier alpha value is -3.32. The summed E-state index contributed by atoms with van der Waals surface area (Å²) in [6.45, 7) is 6.57. The Labute approximate surface area is 180 Å². The van der Waals surface area contributed by atoms with Crippen LogP contribution in [-0.4, -0.2) is 0 Å². The first-order chi connectivity index (χ1) is 14.7. The molecule has 0 aliphatic rings. The Morgan fingerprint density at radius 3 is 1.73 bits per heavy atom. The number of benzene rings is 4. The summed E-state index contributed by atoms with van der Waals surface area (Å²) in [5.41, 5.74) is 10.2. The van der Waals surface area contributed by atoms with Gasteiger partial charge in [0.15, 0.2) is 0 Å². The maximum Gasteiger partial charge on any atom is 0.0493 e. The summed E-state index contributed by atoms with van der Waals surface area (Å²) < 4.78 is 0. The van der Waals surface area contributed by atoms with E-state index < -0.39 is 0 Å². The van der Waals surface area contributed by atoms with Crippen LogP contribution >= 0.6 is 0 Å². The van der Waals surface area contributed by atoms with E-state index in [9.17, 15) is 0 Å². The molecule has 0 bridgehead atoms. The molecule has 0 aliphatic carbocycles. The van der Waals surface area contributed by atoms with Crippen LogP contribution < -0.4 is 4.90 Å². The fourth-order valence-corrected chi connectivity index (χ4v) is 4.05. The molecule has 0 saturated carbocycles. The van der Waals surface area contributed by atoms with E-state index in [0.29, 0.717) is 0 Å². The van der Waals surface area contributed by atoms with Crippen LogP contribution in [0.3, 0.4) is 0 Å². The zero-order valence-corrected chi connectivity index (χ0v) is 18.1. The first kappa shape index (κ1) is 20.0. The van der Waals surface area contributed by atoms with Crippen molar-refractivity contribution in [1.82, 2.24) is 0 Å². The lowest BCUT2D eigenvalue weighted by Gasteiger charge is -2.28. The van der Waals surface area contributed by atoms with E-state index in [-0.39, 0.29) is 0 Å². The molecule has 0 aliphatic heterocycles. The number of hydrogen-bond acceptors (Lipinski definition) is 1. The van der Waals surface area contributed by atoms with Gasteiger partial charge in [-0.25, -0.2) is 0 Å². The lowest BCUT2D eigenvalue weighted by molar-refractivity contribution is 1.11. The number of anilines is 3. The maximum absolute atomic E-state index is 2.37. The zero-order chi connectivity index (χ0) is 20.9. The van der Waals surface area contributed by atoms with E-state index >= 15 is 0 Å². The van der Waals surface area contributed by atoms with Crippen LogP contribution in [0.5, 0.6) is 0 Å². The van der Waals surface area contributed by atoms with Crippen LogP contribution in [0.25, 0.3) is 11.1 Å². The predicted molar refractivity (Wildman–Crippen MR) is 130 cm³/mol. The third-order valence-electron chi connectivity index (χ3n) is 5.74. The van der Waals surface area contributed by atoms with Crippen LogP contribution in [0, 0.1) is 6.92 Å². The summed E-state index contributed by atoms with van der Waals surface area (Å²) in [6.07, 6.45) is 2.04. The van der Waals surface area contributed by atoms with E-state index in [1.54, 1.807) is 0 Å². The highest BCUT2D eigenvalue weighted by Gasteiger charge is 2.15. The summed E-state index contributed by atoms with van der Waals surface area (Å²) in [5.74, 6) is 0. The molecular formula is C29H29N. The highest BCUT2D eigenvalue weighted by molar-refractivity contribution is 5.80. The number of rotatable bonds is 6. The highest BCUT2D eigenvalue weighted by atomic mass is 15.1. The molecule has 150 valence electrons. The quantitative estimate of drug-likeness (QED) is 0.320. The van der Waals surface area contributed by atoms with Gasteiger partial charge >= 0.3 is 0 Å². The van der Waals surface area contributed by atoms with Gasteiger partial charge in [-0.15, -0.1) is 0 Å². The summed E-state index contributed by atoms with van der Waals surface area (Å²) in [7, 11) is 0. The van der Waals surface area contributed by atoms with Crippen LogP contribution in [0.1, 0.15) is 30.5 Å². The molecule has 0 fully saturated rings. The van der Waals surface area contributed by atoms with E-state index in [2.05, 4.69) is 123 Å². The van der Waals surface area contributed by atoms with Gasteiger partial charge in [0.1, 0.15) is 0 Å². The molecule has 0 spiro atoms. The van der Waals surface area contributed by atoms with Gasteiger partial charge in [0.05, 0.1) is 0 Å². The molecular weight excluding hydrogens is 362 g/mol. The van der Waals surface area contributed by atoms with Gasteiger partial charge in [0.2, 0.25) is 0 Å². The number of nitrogens with zero attached hydrogens (tertiary/aromatic N) is 1. The third kappa shape index (κ3) is 4.02. The first-order valence-corrected chi connectivity index (χ1v) is 10.8. The smallest absolute Gasteiger partial charge is 0.0493 e. The Kier molecular flexibility index (Phi) is 5.99. The van der Waals surface area contributed by atoms with Crippen molar-refractivity contribution in [2.24, 2.45) is 0 Å². The zero-order valence-electron chi connectivity index (χ0n) is 18.1. The van der Waals surface area contributed by atoms with E-state index in [1.807, 2.05) is 0 Å². The van der Waals surface area contributed by atoms with Crippen LogP contribution in [0.15, 0.2) is 97.1 Å². The van der Waals surface area contributed by atoms with Gasteiger partial charge in [0, 0.05) is 17.1 Å². The van der Waals surface area contributed by atoms with Crippen molar-refractivity contribution >= 4 is 17.1 Å². The maximum atomic E-state index is 2.37. The minimum atomic E-state index is 1.00. The average molecular weight is 392 g/mol. The summed E-state index contributed by atoms with van der Waals surface area (Å²) in [4.78, 5) is 2.37. The number of hydrogen-bond donors (Lipinski definition) is 0. The first-order valence-electron chi connectivity index (χ1n) is 10.8. The summed E-state index contributed by atoms with van der Waals surface area (Å²) in [5, 5.41) is 0. The van der Waals surface area contributed by atoms with E-state index in [0.717, 1.165) is 12.8 Å². The Morgan fingerprint density at radius 1 is 0.567 bits per heavy atom. The number of para-hydroxylation sites is 1. The molecule has 0 heterocycles. The molecule has 4 aromatic rings. The molecule has 0 unspecified atom stereocenters. The molecule has 0 radical (unpaired) electrons. The minimum Gasteiger partial charge on any atom is -0.310 e. The van der Waals surface area contributed by atoms with Gasteiger partial charge in [0.25, 0.3) is 0 Å². The van der Waals surface area contributed by atoms with Crippen molar-refractivity contribution in [2.75, 3.05) is 4.90 Å². The average Bonchev–Trinajstić information content (AvgIpc) is 2.81. The van der Waals surface area contributed by atoms with Crippen molar-refractivity contribution in [2.45, 2.75) is 33.6 Å². The topological polar surface area (TPSA) is 3.24 Å². The fraction of sp³-hybridized carbons (Fsp3) is 0.172. The Bertz CT molecular complexity index is 1110. The molecule has 1 heteroatoms. The van der Waals surface area contributed by atoms with Gasteiger partial charge in [-0.1, -0.05) is 86.1 Å². The molecule has 0 aromatic heterocycles. The SMILES string of the molecule is CCc1ccccc1-c1ccc(N(c2ccc(C)cc2)c2ccccc2CC)cc1. The van der Waals surface area contributed by atoms with Gasteiger partial charge in [-0.05, 0) is 72.4 Å². The normalized spacial score (nSPS) is 10.8. The van der Waals surface area contributed by atoms with Gasteiger partial charge < -0.3 is 4.90 Å². The third-order valence-corrected chi connectivity index (χ3v) is 5.74. The van der Waals surface area contributed by atoms with Crippen LogP contribution in [-0.2, 0) is 12.8 Å². The van der Waals surface area contributed by atoms with E-state index in [4.69, 9.17) is 0 Å². The van der Waals surface area contributed by atoms with Crippen LogP contribution in [0.4, 0.5) is 17.1 Å². The van der Waals surface area contributed by atoms with E-state index in [1.165, 1.54) is 44.9 Å².